The van der Waals surface area contributed by atoms with Crippen LogP contribution in [0.3, 0.4) is 0 Å². The van der Waals surface area contributed by atoms with Gasteiger partial charge in [0.1, 0.15) is 6.54 Å². The number of amides is 1. The minimum Gasteiger partial charge on any atom is -0.480 e. The summed E-state index contributed by atoms with van der Waals surface area (Å²) in [6, 6.07) is 25.2. The molecule has 4 aromatic rings. The monoisotopic (exact) mass is 590 g/mol. The van der Waals surface area contributed by atoms with Crippen molar-refractivity contribution in [2.45, 2.75) is 25.7 Å². The SMILES string of the molecule is CN(CCc1ccccc1)c1ncc(C(=O)N(CCCc2ccccc2)CC(=O)O)c(Cc2c(Cl)cccc2Cl)n1. The maximum atomic E-state index is 13.8. The number of carbonyl (C=O) groups is 2. The van der Waals surface area contributed by atoms with Crippen molar-refractivity contribution < 1.29 is 14.7 Å². The molecule has 0 spiro atoms. The van der Waals surface area contributed by atoms with E-state index in [1.54, 1.807) is 18.2 Å². The molecule has 0 aliphatic heterocycles. The third kappa shape index (κ3) is 8.52. The van der Waals surface area contributed by atoms with Crippen molar-refractivity contribution in [2.75, 3.05) is 31.6 Å². The van der Waals surface area contributed by atoms with Gasteiger partial charge in [0.05, 0.1) is 11.3 Å². The lowest BCUT2D eigenvalue weighted by atomic mass is 10.0. The highest BCUT2D eigenvalue weighted by atomic mass is 35.5. The first-order valence-electron chi connectivity index (χ1n) is 13.4. The summed E-state index contributed by atoms with van der Waals surface area (Å²) < 4.78 is 0. The van der Waals surface area contributed by atoms with Crippen molar-refractivity contribution in [2.24, 2.45) is 0 Å². The summed E-state index contributed by atoms with van der Waals surface area (Å²) in [6.45, 7) is 0.498. The molecule has 9 heteroatoms. The number of anilines is 1. The van der Waals surface area contributed by atoms with E-state index in [-0.39, 0.29) is 18.5 Å². The van der Waals surface area contributed by atoms with E-state index in [4.69, 9.17) is 28.2 Å². The second-order valence-electron chi connectivity index (χ2n) is 9.77. The second kappa shape index (κ2) is 14.6. The molecule has 1 heterocycles. The van der Waals surface area contributed by atoms with Crippen molar-refractivity contribution in [3.05, 3.63) is 123 Å². The lowest BCUT2D eigenvalue weighted by molar-refractivity contribution is -0.137. The van der Waals surface area contributed by atoms with Gasteiger partial charge in [-0.15, -0.1) is 0 Å². The summed E-state index contributed by atoms with van der Waals surface area (Å²) in [7, 11) is 1.90. The molecule has 0 saturated heterocycles. The van der Waals surface area contributed by atoms with Crippen molar-refractivity contribution in [1.29, 1.82) is 0 Å². The molecule has 212 valence electrons. The Kier molecular flexibility index (Phi) is 10.7. The van der Waals surface area contributed by atoms with E-state index in [0.29, 0.717) is 46.6 Å². The van der Waals surface area contributed by atoms with Crippen LogP contribution in [0.2, 0.25) is 10.0 Å². The average Bonchev–Trinajstić information content (AvgIpc) is 2.98. The fourth-order valence-corrected chi connectivity index (χ4v) is 5.05. The topological polar surface area (TPSA) is 86.6 Å². The first kappa shape index (κ1) is 30.0. The van der Waals surface area contributed by atoms with E-state index >= 15 is 0 Å². The zero-order valence-electron chi connectivity index (χ0n) is 22.8. The molecule has 1 N–H and O–H groups in total. The second-order valence-corrected chi connectivity index (χ2v) is 10.6. The Hall–Kier alpha value is -3.94. The number of rotatable bonds is 13. The minimum atomic E-state index is -1.09. The highest BCUT2D eigenvalue weighted by molar-refractivity contribution is 6.36. The largest absolute Gasteiger partial charge is 0.480 e. The van der Waals surface area contributed by atoms with Gasteiger partial charge in [-0.2, -0.15) is 0 Å². The normalized spacial score (nSPS) is 10.8. The van der Waals surface area contributed by atoms with E-state index in [1.165, 1.54) is 16.7 Å². The molecule has 0 fully saturated rings. The number of hydrogen-bond donors (Lipinski definition) is 1. The number of benzene rings is 3. The molecule has 0 unspecified atom stereocenters. The number of aliphatic carboxylic acids is 1. The fraction of sp³-hybridized carbons (Fsp3) is 0.250. The van der Waals surface area contributed by atoms with Gasteiger partial charge in [-0.05, 0) is 48.1 Å². The number of halogens is 2. The van der Waals surface area contributed by atoms with Gasteiger partial charge >= 0.3 is 5.97 Å². The molecule has 0 aliphatic rings. The van der Waals surface area contributed by atoms with Crippen LogP contribution in [0.15, 0.2) is 85.1 Å². The van der Waals surface area contributed by atoms with Crippen LogP contribution in [0, 0.1) is 0 Å². The van der Waals surface area contributed by atoms with E-state index in [0.717, 1.165) is 12.0 Å². The van der Waals surface area contributed by atoms with E-state index in [9.17, 15) is 14.7 Å². The van der Waals surface area contributed by atoms with Gasteiger partial charge in [0.2, 0.25) is 5.95 Å². The lowest BCUT2D eigenvalue weighted by Crippen LogP contribution is -2.37. The van der Waals surface area contributed by atoms with Crippen molar-refractivity contribution in [3.63, 3.8) is 0 Å². The summed E-state index contributed by atoms with van der Waals surface area (Å²) in [4.78, 5) is 38.0. The van der Waals surface area contributed by atoms with Gasteiger partial charge in [0.15, 0.2) is 0 Å². The average molecular weight is 592 g/mol. The van der Waals surface area contributed by atoms with Crippen LogP contribution in [-0.2, 0) is 24.1 Å². The van der Waals surface area contributed by atoms with E-state index < -0.39 is 18.4 Å². The Labute approximate surface area is 250 Å². The minimum absolute atomic E-state index is 0.187. The Morgan fingerprint density at radius 2 is 1.44 bits per heavy atom. The van der Waals surface area contributed by atoms with Gasteiger partial charge in [-0.3, -0.25) is 9.59 Å². The summed E-state index contributed by atoms with van der Waals surface area (Å²) in [6.07, 6.45) is 3.78. The number of aromatic nitrogens is 2. The maximum absolute atomic E-state index is 13.8. The standard InChI is InChI=1S/C32H32Cl2N4O3/c1-37(19-17-24-12-6-3-7-13-24)32-35-21-26(29(36-32)20-25-27(33)15-8-16-28(25)34)31(41)38(22-30(39)40)18-9-14-23-10-4-2-5-11-23/h2-8,10-13,15-16,21H,9,14,17-20,22H2,1H3,(H,39,40). The number of carboxylic acids is 1. The third-order valence-corrected chi connectivity index (χ3v) is 7.47. The van der Waals surface area contributed by atoms with Crippen LogP contribution < -0.4 is 4.90 Å². The van der Waals surface area contributed by atoms with Crippen LogP contribution >= 0.6 is 23.2 Å². The molecule has 0 bridgehead atoms. The number of likely N-dealkylation sites (N-methyl/N-ethyl adjacent to an activating group) is 1. The van der Waals surface area contributed by atoms with Crippen LogP contribution in [0.25, 0.3) is 0 Å². The molecular formula is C32H32Cl2N4O3. The van der Waals surface area contributed by atoms with Gasteiger partial charge in [-0.1, -0.05) is 89.9 Å². The summed E-state index contributed by atoms with van der Waals surface area (Å²) in [5.74, 6) is -1.09. The molecule has 4 rings (SSSR count). The summed E-state index contributed by atoms with van der Waals surface area (Å²) >= 11 is 13.0. The molecule has 0 atom stereocenters. The quantitative estimate of drug-likeness (QED) is 0.199. The third-order valence-electron chi connectivity index (χ3n) is 6.76. The molecule has 7 nitrogen and oxygen atoms in total. The first-order chi connectivity index (χ1) is 19.8. The van der Waals surface area contributed by atoms with Crippen molar-refractivity contribution in [3.8, 4) is 0 Å². The van der Waals surface area contributed by atoms with Gasteiger partial charge in [-0.25, -0.2) is 9.97 Å². The fourth-order valence-electron chi connectivity index (χ4n) is 4.52. The van der Waals surface area contributed by atoms with Gasteiger partial charge in [0.25, 0.3) is 5.91 Å². The van der Waals surface area contributed by atoms with Crippen LogP contribution in [0.1, 0.15) is 39.2 Å². The van der Waals surface area contributed by atoms with Crippen molar-refractivity contribution >= 4 is 41.0 Å². The number of aryl methyl sites for hydroxylation is 1. The number of carbonyl (C=O) groups excluding carboxylic acids is 1. The maximum Gasteiger partial charge on any atom is 0.323 e. The molecule has 1 amide bonds. The predicted molar refractivity (Wildman–Crippen MR) is 163 cm³/mol. The summed E-state index contributed by atoms with van der Waals surface area (Å²) in [5.41, 5.74) is 3.60. The lowest BCUT2D eigenvalue weighted by Gasteiger charge is -2.23. The Balaban J connectivity index is 1.61. The van der Waals surface area contributed by atoms with E-state index in [1.807, 2.05) is 60.5 Å². The highest BCUT2D eigenvalue weighted by Crippen LogP contribution is 2.28. The Bertz CT molecular complexity index is 1450. The van der Waals surface area contributed by atoms with Gasteiger partial charge < -0.3 is 14.9 Å². The van der Waals surface area contributed by atoms with Crippen molar-refractivity contribution in [1.82, 2.24) is 14.9 Å². The Morgan fingerprint density at radius 1 is 0.829 bits per heavy atom. The predicted octanol–water partition coefficient (Wildman–Crippen LogP) is 6.21. The molecule has 0 aliphatic carbocycles. The van der Waals surface area contributed by atoms with Gasteiger partial charge in [0, 0.05) is 42.8 Å². The van der Waals surface area contributed by atoms with Crippen LogP contribution in [0.5, 0.6) is 0 Å². The molecule has 41 heavy (non-hydrogen) atoms. The molecular weight excluding hydrogens is 559 g/mol. The zero-order valence-corrected chi connectivity index (χ0v) is 24.4. The zero-order chi connectivity index (χ0) is 29.2. The first-order valence-corrected chi connectivity index (χ1v) is 14.2. The number of nitrogens with zero attached hydrogens (tertiary/aromatic N) is 4. The molecule has 1 aromatic heterocycles. The molecule has 3 aromatic carbocycles. The highest BCUT2D eigenvalue weighted by Gasteiger charge is 2.24. The Morgan fingerprint density at radius 3 is 2.05 bits per heavy atom. The smallest absolute Gasteiger partial charge is 0.323 e. The number of hydrogen-bond acceptors (Lipinski definition) is 5. The molecule has 0 radical (unpaired) electrons. The van der Waals surface area contributed by atoms with E-state index in [2.05, 4.69) is 17.1 Å². The van der Waals surface area contributed by atoms with Crippen LogP contribution in [-0.4, -0.2) is 58.5 Å². The summed E-state index contributed by atoms with van der Waals surface area (Å²) in [5, 5.41) is 10.5. The number of carboxylic acid groups (broad SMARTS) is 1. The molecule has 0 saturated carbocycles. The van der Waals surface area contributed by atoms with Crippen LogP contribution in [0.4, 0.5) is 5.95 Å².